The van der Waals surface area contributed by atoms with E-state index in [1.165, 1.54) is 0 Å². The Morgan fingerprint density at radius 1 is 1.04 bits per heavy atom. The highest BCUT2D eigenvalue weighted by molar-refractivity contribution is 5.85. The number of hydrogen-bond acceptors (Lipinski definition) is 4. The molecule has 1 unspecified atom stereocenters. The minimum absolute atomic E-state index is 0.178. The van der Waals surface area contributed by atoms with Gasteiger partial charge in [-0.05, 0) is 30.3 Å². The number of benzene rings is 2. The predicted molar refractivity (Wildman–Crippen MR) is 96.1 cm³/mol. The molecule has 5 nitrogen and oxygen atoms in total. The standard InChI is InChI=1S/C19H22N2O3/c1-21(2)14-5-3-6-16(11-14)23-12-15(22)13-24-19-8-4-7-18-17(19)9-10-20-18/h3-11,15,20,22H,12-13H2,1-2H3. The average Bonchev–Trinajstić information content (AvgIpc) is 3.07. The number of H-pyrrole nitrogens is 1. The molecule has 24 heavy (non-hydrogen) atoms. The van der Waals surface area contributed by atoms with Gasteiger partial charge in [-0.3, -0.25) is 0 Å². The van der Waals surface area contributed by atoms with E-state index in [9.17, 15) is 5.11 Å². The number of fused-ring (bicyclic) bond motifs is 1. The first-order chi connectivity index (χ1) is 11.6. The Balaban J connectivity index is 1.53. The summed E-state index contributed by atoms with van der Waals surface area (Å²) in [6.45, 7) is 0.359. The summed E-state index contributed by atoms with van der Waals surface area (Å²) in [6, 6.07) is 15.5. The fourth-order valence-corrected chi connectivity index (χ4v) is 2.46. The highest BCUT2D eigenvalue weighted by Crippen LogP contribution is 2.24. The maximum absolute atomic E-state index is 10.1. The molecule has 0 amide bonds. The Morgan fingerprint density at radius 3 is 2.67 bits per heavy atom. The second-order valence-corrected chi connectivity index (χ2v) is 5.86. The maximum Gasteiger partial charge on any atom is 0.128 e. The van der Waals surface area contributed by atoms with Gasteiger partial charge >= 0.3 is 0 Å². The van der Waals surface area contributed by atoms with Crippen molar-refractivity contribution in [3.8, 4) is 11.5 Å². The second-order valence-electron chi connectivity index (χ2n) is 5.86. The number of rotatable bonds is 7. The van der Waals surface area contributed by atoms with Crippen LogP contribution in [0.2, 0.25) is 0 Å². The molecule has 2 N–H and O–H groups in total. The molecule has 1 aromatic heterocycles. The van der Waals surface area contributed by atoms with Gasteiger partial charge in [0.1, 0.15) is 30.8 Å². The van der Waals surface area contributed by atoms with Crippen LogP contribution >= 0.6 is 0 Å². The first-order valence-electron chi connectivity index (χ1n) is 7.90. The molecule has 1 atom stereocenters. The lowest BCUT2D eigenvalue weighted by Crippen LogP contribution is -2.25. The number of anilines is 1. The van der Waals surface area contributed by atoms with Crippen molar-refractivity contribution in [3.05, 3.63) is 54.7 Å². The zero-order chi connectivity index (χ0) is 16.9. The average molecular weight is 326 g/mol. The minimum atomic E-state index is -0.706. The van der Waals surface area contributed by atoms with E-state index in [4.69, 9.17) is 9.47 Å². The van der Waals surface area contributed by atoms with E-state index in [-0.39, 0.29) is 13.2 Å². The van der Waals surface area contributed by atoms with Gasteiger partial charge in [0.2, 0.25) is 0 Å². The van der Waals surface area contributed by atoms with Crippen molar-refractivity contribution in [1.82, 2.24) is 4.98 Å². The van der Waals surface area contributed by atoms with Crippen LogP contribution in [0.5, 0.6) is 11.5 Å². The van der Waals surface area contributed by atoms with E-state index in [1.54, 1.807) is 0 Å². The van der Waals surface area contributed by atoms with Crippen LogP contribution in [0.1, 0.15) is 0 Å². The fraction of sp³-hybridized carbons (Fsp3) is 0.263. The third-order valence-corrected chi connectivity index (χ3v) is 3.76. The van der Waals surface area contributed by atoms with Gasteiger partial charge in [0.25, 0.3) is 0 Å². The van der Waals surface area contributed by atoms with E-state index in [0.717, 1.165) is 28.1 Å². The van der Waals surface area contributed by atoms with Gasteiger partial charge in [0.05, 0.1) is 0 Å². The molecule has 5 heteroatoms. The van der Waals surface area contributed by atoms with E-state index < -0.39 is 6.10 Å². The van der Waals surface area contributed by atoms with Crippen LogP contribution in [0.15, 0.2) is 54.7 Å². The van der Waals surface area contributed by atoms with Crippen molar-refractivity contribution >= 4 is 16.6 Å². The van der Waals surface area contributed by atoms with Gasteiger partial charge in [0.15, 0.2) is 0 Å². The largest absolute Gasteiger partial charge is 0.491 e. The topological polar surface area (TPSA) is 57.7 Å². The lowest BCUT2D eigenvalue weighted by molar-refractivity contribution is 0.0632. The van der Waals surface area contributed by atoms with Gasteiger partial charge in [0, 0.05) is 42.9 Å². The first-order valence-corrected chi connectivity index (χ1v) is 7.90. The number of hydrogen-bond donors (Lipinski definition) is 2. The van der Waals surface area contributed by atoms with Crippen molar-refractivity contribution in [1.29, 1.82) is 0 Å². The van der Waals surface area contributed by atoms with Crippen LogP contribution in [0.3, 0.4) is 0 Å². The van der Waals surface area contributed by atoms with Crippen LogP contribution in [0, 0.1) is 0 Å². The summed E-state index contributed by atoms with van der Waals surface area (Å²) in [7, 11) is 3.95. The highest BCUT2D eigenvalue weighted by atomic mass is 16.5. The zero-order valence-electron chi connectivity index (χ0n) is 13.9. The van der Waals surface area contributed by atoms with E-state index >= 15 is 0 Å². The Bertz CT molecular complexity index is 798. The Kier molecular flexibility index (Phi) is 4.91. The van der Waals surface area contributed by atoms with Crippen LogP contribution in [0.25, 0.3) is 10.9 Å². The van der Waals surface area contributed by atoms with Gasteiger partial charge < -0.3 is 24.5 Å². The molecule has 0 radical (unpaired) electrons. The summed E-state index contributed by atoms with van der Waals surface area (Å²) in [6.07, 6.45) is 1.16. The van der Waals surface area contributed by atoms with Gasteiger partial charge in [-0.25, -0.2) is 0 Å². The van der Waals surface area contributed by atoms with Crippen molar-refractivity contribution in [3.63, 3.8) is 0 Å². The van der Waals surface area contributed by atoms with Crippen LogP contribution in [0.4, 0.5) is 5.69 Å². The number of aliphatic hydroxyl groups excluding tert-OH is 1. The van der Waals surface area contributed by atoms with Gasteiger partial charge in [-0.15, -0.1) is 0 Å². The SMILES string of the molecule is CN(C)c1cccc(OCC(O)COc2cccc3[nH]ccc23)c1. The number of ether oxygens (including phenoxy) is 2. The normalized spacial score (nSPS) is 12.1. The Labute approximate surface area is 141 Å². The van der Waals surface area contributed by atoms with Crippen molar-refractivity contribution < 1.29 is 14.6 Å². The molecule has 0 saturated heterocycles. The predicted octanol–water partition coefficient (Wildman–Crippen LogP) is 3.05. The highest BCUT2D eigenvalue weighted by Gasteiger charge is 2.09. The first kappa shape index (κ1) is 16.2. The molecule has 0 saturated carbocycles. The second kappa shape index (κ2) is 7.27. The van der Waals surface area contributed by atoms with E-state index in [1.807, 2.05) is 73.7 Å². The Hall–Kier alpha value is -2.66. The summed E-state index contributed by atoms with van der Waals surface area (Å²) in [5.74, 6) is 1.48. The number of nitrogens with zero attached hydrogens (tertiary/aromatic N) is 1. The third-order valence-electron chi connectivity index (χ3n) is 3.76. The number of nitrogens with one attached hydrogen (secondary N) is 1. The molecular weight excluding hydrogens is 304 g/mol. The molecule has 126 valence electrons. The molecule has 3 rings (SSSR count). The molecule has 0 fully saturated rings. The zero-order valence-corrected chi connectivity index (χ0v) is 13.9. The molecule has 3 aromatic rings. The lowest BCUT2D eigenvalue weighted by Gasteiger charge is -2.16. The van der Waals surface area contributed by atoms with Crippen LogP contribution in [-0.2, 0) is 0 Å². The maximum atomic E-state index is 10.1. The summed E-state index contributed by atoms with van der Waals surface area (Å²) >= 11 is 0. The molecule has 0 aliphatic rings. The molecule has 0 aliphatic carbocycles. The summed E-state index contributed by atoms with van der Waals surface area (Å²) in [5.41, 5.74) is 2.07. The van der Waals surface area contributed by atoms with Crippen LogP contribution < -0.4 is 14.4 Å². The summed E-state index contributed by atoms with van der Waals surface area (Å²) in [4.78, 5) is 5.14. The van der Waals surface area contributed by atoms with Crippen LogP contribution in [-0.4, -0.2) is 43.5 Å². The van der Waals surface area contributed by atoms with Crippen molar-refractivity contribution in [2.45, 2.75) is 6.10 Å². The van der Waals surface area contributed by atoms with Crippen molar-refractivity contribution in [2.24, 2.45) is 0 Å². The molecule has 2 aromatic carbocycles. The molecule has 0 aliphatic heterocycles. The minimum Gasteiger partial charge on any atom is -0.491 e. The molecular formula is C19H22N2O3. The number of aliphatic hydroxyl groups is 1. The van der Waals surface area contributed by atoms with Gasteiger partial charge in [-0.2, -0.15) is 0 Å². The smallest absolute Gasteiger partial charge is 0.128 e. The Morgan fingerprint density at radius 2 is 1.83 bits per heavy atom. The molecule has 0 spiro atoms. The summed E-state index contributed by atoms with van der Waals surface area (Å²) < 4.78 is 11.4. The number of aromatic nitrogens is 1. The van der Waals surface area contributed by atoms with E-state index in [0.29, 0.717) is 0 Å². The number of aromatic amines is 1. The van der Waals surface area contributed by atoms with Crippen molar-refractivity contribution in [2.75, 3.05) is 32.2 Å². The lowest BCUT2D eigenvalue weighted by atomic mass is 10.2. The van der Waals surface area contributed by atoms with Gasteiger partial charge in [-0.1, -0.05) is 12.1 Å². The fourth-order valence-electron chi connectivity index (χ4n) is 2.46. The third kappa shape index (κ3) is 3.81. The molecule has 1 heterocycles. The quantitative estimate of drug-likeness (QED) is 0.701. The molecule has 0 bridgehead atoms. The monoisotopic (exact) mass is 326 g/mol. The summed E-state index contributed by atoms with van der Waals surface area (Å²) in [5, 5.41) is 11.1. The van der Waals surface area contributed by atoms with E-state index in [2.05, 4.69) is 4.98 Å².